The summed E-state index contributed by atoms with van der Waals surface area (Å²) in [4.78, 5) is 14.0. The van der Waals surface area contributed by atoms with Crippen molar-refractivity contribution in [3.05, 3.63) is 12.5 Å². The van der Waals surface area contributed by atoms with Gasteiger partial charge in [0, 0.05) is 6.92 Å². The normalized spacial score (nSPS) is 9.75. The quantitative estimate of drug-likeness (QED) is 0.656. The number of esters is 1. The standard InChI is InChI=1S/C7H10N2O3/c1-6(10)12-3-2-9-5-8-4-7(9)11/h4-5,11H,2-3H2,1H3. The lowest BCUT2D eigenvalue weighted by Gasteiger charge is -2.03. The molecule has 0 spiro atoms. The molecule has 0 bridgehead atoms. The van der Waals surface area contributed by atoms with Gasteiger partial charge >= 0.3 is 5.97 Å². The van der Waals surface area contributed by atoms with Crippen LogP contribution in [0, 0.1) is 0 Å². The zero-order valence-corrected chi connectivity index (χ0v) is 6.73. The van der Waals surface area contributed by atoms with Crippen molar-refractivity contribution in [2.75, 3.05) is 6.61 Å². The van der Waals surface area contributed by atoms with E-state index in [4.69, 9.17) is 5.11 Å². The molecule has 0 amide bonds. The molecule has 0 aliphatic rings. The highest BCUT2D eigenvalue weighted by Crippen LogP contribution is 2.05. The van der Waals surface area contributed by atoms with E-state index in [1.54, 1.807) is 0 Å². The fourth-order valence-electron chi connectivity index (χ4n) is 0.774. The summed E-state index contributed by atoms with van der Waals surface area (Å²) in [6.45, 7) is 2.01. The molecule has 0 unspecified atom stereocenters. The number of aromatic nitrogens is 2. The number of carbonyl (C=O) groups excluding carboxylic acids is 1. The van der Waals surface area contributed by atoms with Crippen molar-refractivity contribution in [2.24, 2.45) is 0 Å². The summed E-state index contributed by atoms with van der Waals surface area (Å²) >= 11 is 0. The van der Waals surface area contributed by atoms with Crippen LogP contribution in [0.5, 0.6) is 5.88 Å². The van der Waals surface area contributed by atoms with Crippen LogP contribution in [0.3, 0.4) is 0 Å². The summed E-state index contributed by atoms with van der Waals surface area (Å²) in [6.07, 6.45) is 2.80. The summed E-state index contributed by atoms with van der Waals surface area (Å²) in [7, 11) is 0. The van der Waals surface area contributed by atoms with E-state index in [9.17, 15) is 4.79 Å². The average molecular weight is 170 g/mol. The van der Waals surface area contributed by atoms with Crippen molar-refractivity contribution in [3.63, 3.8) is 0 Å². The Labute approximate surface area is 69.6 Å². The minimum Gasteiger partial charge on any atom is -0.493 e. The third-order valence-corrected chi connectivity index (χ3v) is 1.33. The average Bonchev–Trinajstić information content (AvgIpc) is 2.36. The molecule has 0 saturated carbocycles. The molecule has 1 heterocycles. The fourth-order valence-corrected chi connectivity index (χ4v) is 0.774. The van der Waals surface area contributed by atoms with Gasteiger partial charge in [-0.3, -0.25) is 9.36 Å². The van der Waals surface area contributed by atoms with E-state index in [0.717, 1.165) is 0 Å². The minimum atomic E-state index is -0.324. The maximum absolute atomic E-state index is 10.3. The van der Waals surface area contributed by atoms with Gasteiger partial charge in [0.1, 0.15) is 6.61 Å². The SMILES string of the molecule is CC(=O)OCCn1cncc1O. The lowest BCUT2D eigenvalue weighted by Crippen LogP contribution is -2.07. The largest absolute Gasteiger partial charge is 0.493 e. The van der Waals surface area contributed by atoms with Gasteiger partial charge in [0.2, 0.25) is 5.88 Å². The van der Waals surface area contributed by atoms with Crippen molar-refractivity contribution < 1.29 is 14.6 Å². The number of aromatic hydroxyl groups is 1. The number of hydrogen-bond donors (Lipinski definition) is 1. The van der Waals surface area contributed by atoms with Gasteiger partial charge in [-0.05, 0) is 0 Å². The molecule has 0 aliphatic carbocycles. The molecule has 12 heavy (non-hydrogen) atoms. The zero-order valence-electron chi connectivity index (χ0n) is 6.73. The Morgan fingerprint density at radius 3 is 3.08 bits per heavy atom. The maximum atomic E-state index is 10.3. The van der Waals surface area contributed by atoms with Crippen LogP contribution in [0.2, 0.25) is 0 Å². The summed E-state index contributed by atoms with van der Waals surface area (Å²) in [5.74, 6) is -0.253. The van der Waals surface area contributed by atoms with Crippen LogP contribution in [0.15, 0.2) is 12.5 Å². The number of hydrogen-bond acceptors (Lipinski definition) is 4. The molecule has 66 valence electrons. The smallest absolute Gasteiger partial charge is 0.302 e. The third-order valence-electron chi connectivity index (χ3n) is 1.33. The Bertz CT molecular complexity index is 269. The highest BCUT2D eigenvalue weighted by Gasteiger charge is 1.98. The molecule has 5 heteroatoms. The predicted octanol–water partition coefficient (Wildman–Crippen LogP) is 0.152. The van der Waals surface area contributed by atoms with Gasteiger partial charge in [0.25, 0.3) is 0 Å². The Hall–Kier alpha value is -1.52. The molecular formula is C7H10N2O3. The maximum Gasteiger partial charge on any atom is 0.302 e. The topological polar surface area (TPSA) is 64.4 Å². The number of carbonyl (C=O) groups is 1. The number of rotatable bonds is 3. The van der Waals surface area contributed by atoms with Gasteiger partial charge in [0.15, 0.2) is 0 Å². The monoisotopic (exact) mass is 170 g/mol. The minimum absolute atomic E-state index is 0.0714. The molecule has 5 nitrogen and oxygen atoms in total. The van der Waals surface area contributed by atoms with E-state index in [1.165, 1.54) is 24.0 Å². The highest BCUT2D eigenvalue weighted by atomic mass is 16.5. The van der Waals surface area contributed by atoms with Crippen molar-refractivity contribution in [2.45, 2.75) is 13.5 Å². The van der Waals surface area contributed by atoms with Crippen molar-refractivity contribution >= 4 is 5.97 Å². The van der Waals surface area contributed by atoms with Crippen LogP contribution >= 0.6 is 0 Å². The Kier molecular flexibility index (Phi) is 2.68. The Balaban J connectivity index is 2.33. The van der Waals surface area contributed by atoms with Crippen LogP contribution in [0.4, 0.5) is 0 Å². The van der Waals surface area contributed by atoms with Gasteiger partial charge in [0.05, 0.1) is 19.1 Å². The van der Waals surface area contributed by atoms with Crippen molar-refractivity contribution in [3.8, 4) is 5.88 Å². The molecule has 0 fully saturated rings. The van der Waals surface area contributed by atoms with Crippen molar-refractivity contribution in [1.82, 2.24) is 9.55 Å². The second kappa shape index (κ2) is 3.75. The highest BCUT2D eigenvalue weighted by molar-refractivity contribution is 5.65. The summed E-state index contributed by atoms with van der Waals surface area (Å²) in [6, 6.07) is 0. The predicted molar refractivity (Wildman–Crippen MR) is 40.5 cm³/mol. The van der Waals surface area contributed by atoms with Gasteiger partial charge in [-0.2, -0.15) is 0 Å². The molecule has 0 aliphatic heterocycles. The zero-order chi connectivity index (χ0) is 8.97. The first-order valence-corrected chi connectivity index (χ1v) is 3.52. The second-order valence-corrected chi connectivity index (χ2v) is 2.29. The molecular weight excluding hydrogens is 160 g/mol. The molecule has 1 aromatic rings. The first kappa shape index (κ1) is 8.58. The van der Waals surface area contributed by atoms with Gasteiger partial charge in [-0.25, -0.2) is 4.98 Å². The first-order valence-electron chi connectivity index (χ1n) is 3.52. The summed E-state index contributed by atoms with van der Waals surface area (Å²) < 4.78 is 6.16. The molecule has 0 saturated heterocycles. The molecule has 1 N–H and O–H groups in total. The first-order chi connectivity index (χ1) is 5.70. The molecule has 0 radical (unpaired) electrons. The molecule has 1 aromatic heterocycles. The third kappa shape index (κ3) is 2.26. The van der Waals surface area contributed by atoms with E-state index in [0.29, 0.717) is 6.54 Å². The lowest BCUT2D eigenvalue weighted by molar-refractivity contribution is -0.141. The van der Waals surface area contributed by atoms with Crippen LogP contribution < -0.4 is 0 Å². The number of ether oxygens (including phenoxy) is 1. The molecule has 0 atom stereocenters. The van der Waals surface area contributed by atoms with Crippen molar-refractivity contribution in [1.29, 1.82) is 0 Å². The lowest BCUT2D eigenvalue weighted by atomic mass is 10.6. The second-order valence-electron chi connectivity index (χ2n) is 2.29. The van der Waals surface area contributed by atoms with Crippen LogP contribution in [-0.4, -0.2) is 27.2 Å². The summed E-state index contributed by atoms with van der Waals surface area (Å²) in [5, 5.41) is 9.08. The van der Waals surface area contributed by atoms with Crippen LogP contribution in [-0.2, 0) is 16.1 Å². The van der Waals surface area contributed by atoms with Gasteiger partial charge in [-0.15, -0.1) is 0 Å². The molecule has 0 aromatic carbocycles. The molecule has 1 rings (SSSR count). The van der Waals surface area contributed by atoms with E-state index in [-0.39, 0.29) is 18.5 Å². The van der Waals surface area contributed by atoms with E-state index < -0.39 is 0 Å². The van der Waals surface area contributed by atoms with Gasteiger partial charge < -0.3 is 9.84 Å². The summed E-state index contributed by atoms with van der Waals surface area (Å²) in [5.41, 5.74) is 0. The van der Waals surface area contributed by atoms with Crippen LogP contribution in [0.1, 0.15) is 6.92 Å². The van der Waals surface area contributed by atoms with Crippen LogP contribution in [0.25, 0.3) is 0 Å². The van der Waals surface area contributed by atoms with Gasteiger partial charge in [-0.1, -0.05) is 0 Å². The number of imidazole rings is 1. The van der Waals surface area contributed by atoms with E-state index in [1.807, 2.05) is 0 Å². The van der Waals surface area contributed by atoms with E-state index >= 15 is 0 Å². The Morgan fingerprint density at radius 1 is 1.83 bits per heavy atom. The number of nitrogens with zero attached hydrogens (tertiary/aromatic N) is 2. The van der Waals surface area contributed by atoms with E-state index in [2.05, 4.69) is 9.72 Å². The Morgan fingerprint density at radius 2 is 2.58 bits per heavy atom. The fraction of sp³-hybridized carbons (Fsp3) is 0.429.